The van der Waals surface area contributed by atoms with Gasteiger partial charge in [0.2, 0.25) is 6.79 Å². The number of hydrogen-bond acceptors (Lipinski definition) is 5. The minimum absolute atomic E-state index is 0.177. The summed E-state index contributed by atoms with van der Waals surface area (Å²) in [5.41, 5.74) is 0.569. The van der Waals surface area contributed by atoms with E-state index in [2.05, 4.69) is 5.32 Å². The summed E-state index contributed by atoms with van der Waals surface area (Å²) >= 11 is 0. The summed E-state index contributed by atoms with van der Waals surface area (Å²) in [5, 5.41) is 2.69. The van der Waals surface area contributed by atoms with Gasteiger partial charge in [0.25, 0.3) is 5.91 Å². The van der Waals surface area contributed by atoms with E-state index in [1.165, 1.54) is 0 Å². The monoisotopic (exact) mass is 307 g/mol. The number of esters is 1. The van der Waals surface area contributed by atoms with Gasteiger partial charge in [-0.05, 0) is 31.4 Å². The zero-order valence-electron chi connectivity index (χ0n) is 13.0. The average molecular weight is 307 g/mol. The van der Waals surface area contributed by atoms with Gasteiger partial charge in [-0.3, -0.25) is 9.59 Å². The van der Waals surface area contributed by atoms with Crippen molar-refractivity contribution in [2.75, 3.05) is 12.1 Å². The highest BCUT2D eigenvalue weighted by Crippen LogP contribution is 2.34. The Balaban J connectivity index is 1.84. The molecule has 1 aliphatic rings. The van der Waals surface area contributed by atoms with E-state index in [0.29, 0.717) is 29.5 Å². The van der Waals surface area contributed by atoms with E-state index in [0.717, 1.165) is 6.42 Å². The molecule has 1 aromatic carbocycles. The van der Waals surface area contributed by atoms with Crippen molar-refractivity contribution < 1.29 is 23.8 Å². The number of hydrogen-bond donors (Lipinski definition) is 1. The first-order valence-corrected chi connectivity index (χ1v) is 7.35. The second-order valence-electron chi connectivity index (χ2n) is 5.62. The molecule has 2 rings (SSSR count). The molecule has 1 atom stereocenters. The third-order valence-electron chi connectivity index (χ3n) is 3.24. The Bertz CT molecular complexity index is 555. The first-order valence-electron chi connectivity index (χ1n) is 7.35. The van der Waals surface area contributed by atoms with Gasteiger partial charge in [0.1, 0.15) is 0 Å². The van der Waals surface area contributed by atoms with Gasteiger partial charge in [-0.15, -0.1) is 0 Å². The van der Waals surface area contributed by atoms with Crippen LogP contribution in [0.4, 0.5) is 5.69 Å². The molecule has 0 radical (unpaired) electrons. The molecular weight excluding hydrogens is 286 g/mol. The summed E-state index contributed by atoms with van der Waals surface area (Å²) in [7, 11) is 0. The maximum atomic E-state index is 12.0. The van der Waals surface area contributed by atoms with Crippen LogP contribution >= 0.6 is 0 Å². The Morgan fingerprint density at radius 1 is 1.23 bits per heavy atom. The third-order valence-corrected chi connectivity index (χ3v) is 3.24. The van der Waals surface area contributed by atoms with Crippen molar-refractivity contribution in [3.63, 3.8) is 0 Å². The first-order chi connectivity index (χ1) is 10.5. The first kappa shape index (κ1) is 16.1. The molecule has 1 heterocycles. The fraction of sp³-hybridized carbons (Fsp3) is 0.500. The van der Waals surface area contributed by atoms with Crippen molar-refractivity contribution in [2.45, 2.75) is 39.7 Å². The Labute approximate surface area is 129 Å². The van der Waals surface area contributed by atoms with Crippen LogP contribution in [-0.2, 0) is 14.3 Å². The standard InChI is InChI=1S/C16H21NO5/c1-10(2)4-7-15(18)22-11(3)16(19)17-12-5-6-13-14(8-12)21-9-20-13/h5-6,8,10-11H,4,7,9H2,1-3H3,(H,17,19)/t11-/m1/s1. The quantitative estimate of drug-likeness (QED) is 0.818. The largest absolute Gasteiger partial charge is 0.454 e. The molecule has 6 nitrogen and oxygen atoms in total. The lowest BCUT2D eigenvalue weighted by Gasteiger charge is -2.14. The summed E-state index contributed by atoms with van der Waals surface area (Å²) in [4.78, 5) is 23.7. The van der Waals surface area contributed by atoms with Gasteiger partial charge < -0.3 is 19.5 Å². The topological polar surface area (TPSA) is 73.9 Å². The van der Waals surface area contributed by atoms with Crippen LogP contribution < -0.4 is 14.8 Å². The van der Waals surface area contributed by atoms with Crippen LogP contribution in [0.1, 0.15) is 33.6 Å². The Morgan fingerprint density at radius 2 is 1.95 bits per heavy atom. The number of carbonyl (C=O) groups is 2. The molecule has 0 fully saturated rings. The minimum atomic E-state index is -0.843. The van der Waals surface area contributed by atoms with Gasteiger partial charge >= 0.3 is 5.97 Å². The highest BCUT2D eigenvalue weighted by Gasteiger charge is 2.19. The van der Waals surface area contributed by atoms with Crippen molar-refractivity contribution in [3.05, 3.63) is 18.2 Å². The fourth-order valence-electron chi connectivity index (χ4n) is 1.93. The van der Waals surface area contributed by atoms with Crippen molar-refractivity contribution in [1.82, 2.24) is 0 Å². The average Bonchev–Trinajstić information content (AvgIpc) is 2.92. The lowest BCUT2D eigenvalue weighted by atomic mass is 10.1. The van der Waals surface area contributed by atoms with Crippen LogP contribution in [-0.4, -0.2) is 24.8 Å². The summed E-state index contributed by atoms with van der Waals surface area (Å²) in [6.45, 7) is 5.79. The van der Waals surface area contributed by atoms with Crippen LogP contribution in [0.2, 0.25) is 0 Å². The van der Waals surface area contributed by atoms with E-state index in [4.69, 9.17) is 14.2 Å². The molecule has 0 saturated heterocycles. The SMILES string of the molecule is CC(C)CCC(=O)O[C@H](C)C(=O)Nc1ccc2c(c1)OCO2. The summed E-state index contributed by atoms with van der Waals surface area (Å²) < 4.78 is 15.6. The second kappa shape index (κ2) is 7.15. The van der Waals surface area contributed by atoms with Crippen LogP contribution in [0.15, 0.2) is 18.2 Å². The predicted octanol–water partition coefficient (Wildman–Crippen LogP) is 2.72. The number of carbonyl (C=O) groups excluding carboxylic acids is 2. The van der Waals surface area contributed by atoms with E-state index >= 15 is 0 Å². The van der Waals surface area contributed by atoms with Gasteiger partial charge in [-0.25, -0.2) is 0 Å². The number of anilines is 1. The van der Waals surface area contributed by atoms with Gasteiger partial charge in [-0.1, -0.05) is 13.8 Å². The zero-order chi connectivity index (χ0) is 16.1. The van der Waals surface area contributed by atoms with Gasteiger partial charge in [0.15, 0.2) is 17.6 Å². The highest BCUT2D eigenvalue weighted by molar-refractivity contribution is 5.95. The Kier molecular flexibility index (Phi) is 5.25. The molecule has 120 valence electrons. The Morgan fingerprint density at radius 3 is 2.68 bits per heavy atom. The lowest BCUT2D eigenvalue weighted by molar-refractivity contribution is -0.153. The molecule has 0 spiro atoms. The number of nitrogens with one attached hydrogen (secondary N) is 1. The molecular formula is C16H21NO5. The van der Waals surface area contributed by atoms with Crippen molar-refractivity contribution >= 4 is 17.6 Å². The molecule has 6 heteroatoms. The van der Waals surface area contributed by atoms with Gasteiger partial charge in [-0.2, -0.15) is 0 Å². The fourth-order valence-corrected chi connectivity index (χ4v) is 1.93. The number of benzene rings is 1. The molecule has 1 N–H and O–H groups in total. The maximum Gasteiger partial charge on any atom is 0.306 e. The molecule has 0 saturated carbocycles. The van der Waals surface area contributed by atoms with Gasteiger partial charge in [0.05, 0.1) is 0 Å². The van der Waals surface area contributed by atoms with Crippen molar-refractivity contribution in [3.8, 4) is 11.5 Å². The summed E-state index contributed by atoms with van der Waals surface area (Å²) in [6, 6.07) is 5.10. The minimum Gasteiger partial charge on any atom is -0.454 e. The highest BCUT2D eigenvalue weighted by atomic mass is 16.7. The van der Waals surface area contributed by atoms with E-state index in [9.17, 15) is 9.59 Å². The number of ether oxygens (including phenoxy) is 3. The predicted molar refractivity (Wildman–Crippen MR) is 80.8 cm³/mol. The molecule has 1 aliphatic heterocycles. The molecule has 1 aromatic rings. The maximum absolute atomic E-state index is 12.0. The van der Waals surface area contributed by atoms with Crippen LogP contribution in [0.3, 0.4) is 0 Å². The zero-order valence-corrected chi connectivity index (χ0v) is 13.0. The lowest BCUT2D eigenvalue weighted by Crippen LogP contribution is -2.30. The van der Waals surface area contributed by atoms with E-state index in [1.54, 1.807) is 25.1 Å². The van der Waals surface area contributed by atoms with Crippen LogP contribution in [0, 0.1) is 5.92 Å². The van der Waals surface area contributed by atoms with Crippen molar-refractivity contribution in [1.29, 1.82) is 0 Å². The van der Waals surface area contributed by atoms with E-state index in [1.807, 2.05) is 13.8 Å². The smallest absolute Gasteiger partial charge is 0.306 e. The normalized spacial score (nSPS) is 13.8. The third kappa shape index (κ3) is 4.38. The van der Waals surface area contributed by atoms with E-state index < -0.39 is 6.10 Å². The molecule has 1 amide bonds. The summed E-state index contributed by atoms with van der Waals surface area (Å²) in [6.07, 6.45) is 0.222. The van der Waals surface area contributed by atoms with E-state index in [-0.39, 0.29) is 18.7 Å². The van der Waals surface area contributed by atoms with Crippen molar-refractivity contribution in [2.24, 2.45) is 5.92 Å². The summed E-state index contributed by atoms with van der Waals surface area (Å²) in [5.74, 6) is 0.912. The Hall–Kier alpha value is -2.24. The number of amides is 1. The van der Waals surface area contributed by atoms with Crippen LogP contribution in [0.5, 0.6) is 11.5 Å². The molecule has 22 heavy (non-hydrogen) atoms. The number of rotatable bonds is 6. The second-order valence-corrected chi connectivity index (χ2v) is 5.62. The van der Waals surface area contributed by atoms with Crippen LogP contribution in [0.25, 0.3) is 0 Å². The number of fused-ring (bicyclic) bond motifs is 1. The molecule has 0 unspecified atom stereocenters. The molecule has 0 aromatic heterocycles. The molecule has 0 aliphatic carbocycles. The van der Waals surface area contributed by atoms with Gasteiger partial charge in [0, 0.05) is 18.2 Å². The molecule has 0 bridgehead atoms.